The van der Waals surface area contributed by atoms with Crippen molar-refractivity contribution >= 4 is 15.7 Å². The van der Waals surface area contributed by atoms with Crippen molar-refractivity contribution in [2.24, 2.45) is 11.1 Å². The first-order valence-corrected chi connectivity index (χ1v) is 9.14. The second-order valence-electron chi connectivity index (χ2n) is 5.68. The highest BCUT2D eigenvalue weighted by Crippen LogP contribution is 2.21. The van der Waals surface area contributed by atoms with Crippen LogP contribution >= 0.6 is 0 Å². The van der Waals surface area contributed by atoms with Gasteiger partial charge in [-0.05, 0) is 62.5 Å². The van der Waals surface area contributed by atoms with Crippen molar-refractivity contribution in [2.45, 2.75) is 31.1 Å². The molecule has 0 aliphatic carbocycles. The van der Waals surface area contributed by atoms with Gasteiger partial charge in [0, 0.05) is 18.8 Å². The summed E-state index contributed by atoms with van der Waals surface area (Å²) in [4.78, 5) is 2.52. The van der Waals surface area contributed by atoms with Gasteiger partial charge >= 0.3 is 0 Å². The van der Waals surface area contributed by atoms with Crippen LogP contribution in [0.3, 0.4) is 0 Å². The summed E-state index contributed by atoms with van der Waals surface area (Å²) in [5.74, 6) is 0.704. The number of nitrogens with zero attached hydrogens (tertiary/aromatic N) is 1. The largest absolute Gasteiger partial charge is 0.371 e. The van der Waals surface area contributed by atoms with Crippen LogP contribution in [0.2, 0.25) is 0 Å². The van der Waals surface area contributed by atoms with Gasteiger partial charge in [-0.1, -0.05) is 6.92 Å². The lowest BCUT2D eigenvalue weighted by molar-refractivity contribution is 0.373. The SMILES string of the molecule is CCCN(CC1CCNCC1)c1ccc(S(N)(=O)=O)cc1. The van der Waals surface area contributed by atoms with Crippen molar-refractivity contribution < 1.29 is 8.42 Å². The molecule has 0 radical (unpaired) electrons. The zero-order valence-corrected chi connectivity index (χ0v) is 13.4. The van der Waals surface area contributed by atoms with Crippen LogP contribution < -0.4 is 15.4 Å². The maximum atomic E-state index is 11.3. The first-order valence-electron chi connectivity index (χ1n) is 7.59. The van der Waals surface area contributed by atoms with E-state index in [9.17, 15) is 8.42 Å². The van der Waals surface area contributed by atoms with E-state index < -0.39 is 10.0 Å². The minimum Gasteiger partial charge on any atom is -0.371 e. The smallest absolute Gasteiger partial charge is 0.238 e. The highest BCUT2D eigenvalue weighted by Gasteiger charge is 2.17. The van der Waals surface area contributed by atoms with Crippen LogP contribution in [-0.4, -0.2) is 34.6 Å². The van der Waals surface area contributed by atoms with E-state index in [0.717, 1.165) is 38.3 Å². The van der Waals surface area contributed by atoms with Gasteiger partial charge in [0.2, 0.25) is 10.0 Å². The molecule has 21 heavy (non-hydrogen) atoms. The van der Waals surface area contributed by atoms with Gasteiger partial charge in [-0.2, -0.15) is 0 Å². The monoisotopic (exact) mass is 311 g/mol. The van der Waals surface area contributed by atoms with Crippen LogP contribution in [0, 0.1) is 5.92 Å². The summed E-state index contributed by atoms with van der Waals surface area (Å²) in [7, 11) is -3.61. The van der Waals surface area contributed by atoms with E-state index in [1.165, 1.54) is 12.8 Å². The van der Waals surface area contributed by atoms with E-state index in [1.807, 2.05) is 12.1 Å². The second-order valence-corrected chi connectivity index (χ2v) is 7.24. The van der Waals surface area contributed by atoms with Crippen LogP contribution in [0.4, 0.5) is 5.69 Å². The van der Waals surface area contributed by atoms with Crippen molar-refractivity contribution in [1.29, 1.82) is 0 Å². The van der Waals surface area contributed by atoms with Gasteiger partial charge in [-0.15, -0.1) is 0 Å². The number of rotatable bonds is 6. The Bertz CT molecular complexity index is 537. The van der Waals surface area contributed by atoms with Gasteiger partial charge in [0.25, 0.3) is 0 Å². The van der Waals surface area contributed by atoms with Crippen LogP contribution in [0.25, 0.3) is 0 Å². The van der Waals surface area contributed by atoms with Gasteiger partial charge < -0.3 is 10.2 Å². The summed E-state index contributed by atoms with van der Waals surface area (Å²) in [5.41, 5.74) is 1.07. The Balaban J connectivity index is 2.09. The van der Waals surface area contributed by atoms with Gasteiger partial charge in [0.15, 0.2) is 0 Å². The molecule has 0 unspecified atom stereocenters. The zero-order valence-electron chi connectivity index (χ0n) is 12.6. The maximum absolute atomic E-state index is 11.3. The van der Waals surface area contributed by atoms with Crippen LogP contribution in [0.1, 0.15) is 26.2 Å². The predicted molar refractivity (Wildman–Crippen MR) is 85.9 cm³/mol. The Morgan fingerprint density at radius 2 is 1.86 bits per heavy atom. The lowest BCUT2D eigenvalue weighted by Crippen LogP contribution is -2.36. The molecule has 1 fully saturated rings. The highest BCUT2D eigenvalue weighted by molar-refractivity contribution is 7.89. The number of anilines is 1. The summed E-state index contributed by atoms with van der Waals surface area (Å²) in [6.07, 6.45) is 3.48. The molecular weight excluding hydrogens is 286 g/mol. The number of hydrogen-bond acceptors (Lipinski definition) is 4. The Hall–Kier alpha value is -1.11. The fourth-order valence-corrected chi connectivity index (χ4v) is 3.33. The predicted octanol–water partition coefficient (Wildman–Crippen LogP) is 1.55. The Morgan fingerprint density at radius 1 is 1.24 bits per heavy atom. The minimum absolute atomic E-state index is 0.171. The van der Waals surface area contributed by atoms with Crippen molar-refractivity contribution in [2.75, 3.05) is 31.1 Å². The number of nitrogens with one attached hydrogen (secondary N) is 1. The van der Waals surface area contributed by atoms with E-state index in [0.29, 0.717) is 5.92 Å². The second kappa shape index (κ2) is 7.24. The topological polar surface area (TPSA) is 75.4 Å². The van der Waals surface area contributed by atoms with E-state index in [2.05, 4.69) is 17.1 Å². The molecule has 5 nitrogen and oxygen atoms in total. The number of hydrogen-bond donors (Lipinski definition) is 2. The van der Waals surface area contributed by atoms with E-state index in [-0.39, 0.29) is 4.90 Å². The van der Waals surface area contributed by atoms with Gasteiger partial charge in [-0.3, -0.25) is 0 Å². The van der Waals surface area contributed by atoms with Gasteiger partial charge in [0.05, 0.1) is 4.90 Å². The number of piperidine rings is 1. The Labute approximate surface area is 127 Å². The third-order valence-corrected chi connectivity index (χ3v) is 4.89. The average molecular weight is 311 g/mol. The van der Waals surface area contributed by atoms with E-state index in [1.54, 1.807) is 12.1 Å². The average Bonchev–Trinajstić information content (AvgIpc) is 2.47. The van der Waals surface area contributed by atoms with Crippen molar-refractivity contribution in [1.82, 2.24) is 5.32 Å². The first kappa shape index (κ1) is 16.3. The van der Waals surface area contributed by atoms with Crippen LogP contribution in [0.5, 0.6) is 0 Å². The Morgan fingerprint density at radius 3 is 2.38 bits per heavy atom. The minimum atomic E-state index is -3.61. The summed E-state index contributed by atoms with van der Waals surface area (Å²) in [6.45, 7) is 6.36. The van der Waals surface area contributed by atoms with Crippen molar-refractivity contribution in [3.05, 3.63) is 24.3 Å². The lowest BCUT2D eigenvalue weighted by Gasteiger charge is -2.31. The van der Waals surface area contributed by atoms with E-state index >= 15 is 0 Å². The molecule has 1 saturated heterocycles. The van der Waals surface area contributed by atoms with Crippen molar-refractivity contribution in [3.63, 3.8) is 0 Å². The number of sulfonamides is 1. The van der Waals surface area contributed by atoms with Crippen molar-refractivity contribution in [3.8, 4) is 0 Å². The quantitative estimate of drug-likeness (QED) is 0.836. The molecule has 0 spiro atoms. The lowest BCUT2D eigenvalue weighted by atomic mass is 9.97. The number of benzene rings is 1. The molecule has 118 valence electrons. The third kappa shape index (κ3) is 4.69. The molecule has 1 aliphatic heterocycles. The van der Waals surface area contributed by atoms with Crippen LogP contribution in [0.15, 0.2) is 29.2 Å². The molecule has 1 aromatic rings. The molecule has 2 rings (SSSR count). The molecule has 6 heteroatoms. The van der Waals surface area contributed by atoms with E-state index in [4.69, 9.17) is 5.14 Å². The molecule has 0 amide bonds. The summed E-state index contributed by atoms with van der Waals surface area (Å²) in [6, 6.07) is 6.90. The summed E-state index contributed by atoms with van der Waals surface area (Å²) >= 11 is 0. The Kier molecular flexibility index (Phi) is 5.61. The number of primary sulfonamides is 1. The number of nitrogens with two attached hydrogens (primary N) is 1. The fraction of sp³-hybridized carbons (Fsp3) is 0.600. The summed E-state index contributed by atoms with van der Waals surface area (Å²) in [5, 5.41) is 8.53. The first-order chi connectivity index (χ1) is 10.0. The summed E-state index contributed by atoms with van der Waals surface area (Å²) < 4.78 is 22.6. The molecule has 0 bridgehead atoms. The normalized spacial score (nSPS) is 16.9. The molecule has 1 aliphatic rings. The van der Waals surface area contributed by atoms with Gasteiger partial charge in [0.1, 0.15) is 0 Å². The molecule has 3 N–H and O–H groups in total. The standard InChI is InChI=1S/C15H25N3O2S/c1-2-11-18(12-13-7-9-17-10-8-13)14-3-5-15(6-4-14)21(16,19)20/h3-6,13,17H,2,7-12H2,1H3,(H2,16,19,20). The van der Waals surface area contributed by atoms with Gasteiger partial charge in [-0.25, -0.2) is 13.6 Å². The zero-order chi connectivity index (χ0) is 15.3. The maximum Gasteiger partial charge on any atom is 0.238 e. The molecule has 0 saturated carbocycles. The molecule has 0 atom stereocenters. The molecule has 0 aromatic heterocycles. The highest BCUT2D eigenvalue weighted by atomic mass is 32.2. The molecular formula is C15H25N3O2S. The molecule has 1 aromatic carbocycles. The molecule has 1 heterocycles. The third-order valence-electron chi connectivity index (χ3n) is 3.96. The fourth-order valence-electron chi connectivity index (χ4n) is 2.82. The van der Waals surface area contributed by atoms with Crippen LogP contribution in [-0.2, 0) is 10.0 Å².